The topological polar surface area (TPSA) is 76.8 Å². The number of halogens is 2. The summed E-state index contributed by atoms with van der Waals surface area (Å²) in [6.45, 7) is 6.21. The van der Waals surface area contributed by atoms with E-state index < -0.39 is 6.43 Å². The first kappa shape index (κ1) is 22.8. The number of carbonyl (C=O) groups excluding carboxylic acids is 1. The zero-order valence-electron chi connectivity index (χ0n) is 19.6. The lowest BCUT2D eigenvalue weighted by molar-refractivity contribution is -0.117. The summed E-state index contributed by atoms with van der Waals surface area (Å²) < 4.78 is 27.5. The monoisotopic (exact) mass is 474 g/mol. The number of anilines is 1. The molecule has 0 radical (unpaired) electrons. The third-order valence-electron chi connectivity index (χ3n) is 6.02. The van der Waals surface area contributed by atoms with E-state index in [0.29, 0.717) is 29.6 Å². The number of hydrogen-bond acceptors (Lipinski definition) is 5. The third kappa shape index (κ3) is 4.29. The number of amides is 1. The minimum atomic E-state index is -2.62. The SMILES string of the molecule is Cc1cc(C(F)F)nn1-c1ccc(CN2C(=O)Cc3cnc(-c4cccnc4C(C)C)nc32)cc1. The minimum Gasteiger partial charge on any atom is -0.292 e. The third-order valence-corrected chi connectivity index (χ3v) is 6.02. The molecule has 0 N–H and O–H groups in total. The highest BCUT2D eigenvalue weighted by molar-refractivity contribution is 6.00. The molecule has 1 amide bonds. The lowest BCUT2D eigenvalue weighted by Gasteiger charge is -2.18. The minimum absolute atomic E-state index is 0.0460. The van der Waals surface area contributed by atoms with Crippen molar-refractivity contribution in [1.82, 2.24) is 24.7 Å². The fourth-order valence-corrected chi connectivity index (χ4v) is 4.28. The van der Waals surface area contributed by atoms with E-state index in [1.54, 1.807) is 24.2 Å². The summed E-state index contributed by atoms with van der Waals surface area (Å²) >= 11 is 0. The Hall–Kier alpha value is -4.01. The number of aryl methyl sites for hydroxylation is 1. The molecular formula is C26H24F2N6O. The van der Waals surface area contributed by atoms with Gasteiger partial charge in [0.25, 0.3) is 6.43 Å². The molecule has 4 aromatic rings. The molecule has 1 aliphatic rings. The van der Waals surface area contributed by atoms with Crippen LogP contribution in [0.3, 0.4) is 0 Å². The number of carbonyl (C=O) groups is 1. The van der Waals surface area contributed by atoms with Crippen LogP contribution in [0.2, 0.25) is 0 Å². The molecule has 178 valence electrons. The van der Waals surface area contributed by atoms with E-state index in [0.717, 1.165) is 22.4 Å². The van der Waals surface area contributed by atoms with Gasteiger partial charge in [-0.15, -0.1) is 0 Å². The Bertz CT molecular complexity index is 1400. The Kier molecular flexibility index (Phi) is 5.84. The van der Waals surface area contributed by atoms with Crippen LogP contribution >= 0.6 is 0 Å². The van der Waals surface area contributed by atoms with Gasteiger partial charge in [-0.25, -0.2) is 23.4 Å². The molecule has 1 aliphatic heterocycles. The van der Waals surface area contributed by atoms with Gasteiger partial charge in [0.15, 0.2) is 5.82 Å². The maximum absolute atomic E-state index is 13.0. The summed E-state index contributed by atoms with van der Waals surface area (Å²) in [5, 5.41) is 3.99. The van der Waals surface area contributed by atoms with Crippen molar-refractivity contribution >= 4 is 11.7 Å². The average Bonchev–Trinajstić information content (AvgIpc) is 3.39. The van der Waals surface area contributed by atoms with Crippen molar-refractivity contribution in [2.45, 2.75) is 46.1 Å². The van der Waals surface area contributed by atoms with Crippen molar-refractivity contribution in [3.8, 4) is 17.1 Å². The van der Waals surface area contributed by atoms with Crippen LogP contribution in [0.15, 0.2) is 54.9 Å². The molecule has 0 bridgehead atoms. The van der Waals surface area contributed by atoms with Crippen LogP contribution in [0.4, 0.5) is 14.6 Å². The van der Waals surface area contributed by atoms with Crippen molar-refractivity contribution in [3.63, 3.8) is 0 Å². The standard InChI is InChI=1S/C26H24F2N6O/c1-15(2)23-20(5-4-10-29-23)25-30-13-18-12-22(35)33(26(18)31-25)14-17-6-8-19(9-7-17)34-16(3)11-21(32-34)24(27)28/h4-11,13,15,24H,12,14H2,1-3H3. The molecule has 7 nitrogen and oxygen atoms in total. The Morgan fingerprint density at radius 2 is 1.86 bits per heavy atom. The number of pyridine rings is 1. The molecule has 0 atom stereocenters. The van der Waals surface area contributed by atoms with Crippen LogP contribution in [-0.2, 0) is 17.8 Å². The fourth-order valence-electron chi connectivity index (χ4n) is 4.28. The van der Waals surface area contributed by atoms with Gasteiger partial charge in [0.05, 0.1) is 24.3 Å². The lowest BCUT2D eigenvalue weighted by atomic mass is 10.0. The Balaban J connectivity index is 1.42. The highest BCUT2D eigenvalue weighted by Gasteiger charge is 2.30. The van der Waals surface area contributed by atoms with Crippen molar-refractivity contribution < 1.29 is 13.6 Å². The average molecular weight is 475 g/mol. The van der Waals surface area contributed by atoms with Gasteiger partial charge in [0, 0.05) is 29.2 Å². The molecule has 9 heteroatoms. The molecule has 0 unspecified atom stereocenters. The number of hydrogen-bond donors (Lipinski definition) is 0. The summed E-state index contributed by atoms with van der Waals surface area (Å²) in [5.74, 6) is 1.30. The number of rotatable bonds is 6. The van der Waals surface area contributed by atoms with E-state index in [4.69, 9.17) is 4.98 Å². The fraction of sp³-hybridized carbons (Fsp3) is 0.269. The molecule has 0 aliphatic carbocycles. The first-order valence-electron chi connectivity index (χ1n) is 11.4. The highest BCUT2D eigenvalue weighted by atomic mass is 19.3. The van der Waals surface area contributed by atoms with Crippen molar-refractivity contribution in [1.29, 1.82) is 0 Å². The van der Waals surface area contributed by atoms with Crippen LogP contribution in [-0.4, -0.2) is 30.6 Å². The molecule has 1 aromatic carbocycles. The van der Waals surface area contributed by atoms with Crippen LogP contribution in [0.1, 0.15) is 54.4 Å². The molecule has 4 heterocycles. The molecule has 0 spiro atoms. The molecule has 3 aromatic heterocycles. The molecule has 5 rings (SSSR count). The van der Waals surface area contributed by atoms with Gasteiger partial charge >= 0.3 is 0 Å². The first-order valence-corrected chi connectivity index (χ1v) is 11.4. The summed E-state index contributed by atoms with van der Waals surface area (Å²) in [7, 11) is 0. The van der Waals surface area contributed by atoms with E-state index in [1.807, 2.05) is 36.4 Å². The first-order chi connectivity index (χ1) is 16.8. The number of alkyl halides is 2. The van der Waals surface area contributed by atoms with Gasteiger partial charge in [-0.2, -0.15) is 5.10 Å². The molecule has 0 fully saturated rings. The number of nitrogens with zero attached hydrogens (tertiary/aromatic N) is 6. The van der Waals surface area contributed by atoms with Gasteiger partial charge in [-0.3, -0.25) is 14.7 Å². The quantitative estimate of drug-likeness (QED) is 0.385. The number of aromatic nitrogens is 5. The van der Waals surface area contributed by atoms with Gasteiger partial charge in [0.1, 0.15) is 11.5 Å². The van der Waals surface area contributed by atoms with Gasteiger partial charge in [0.2, 0.25) is 5.91 Å². The smallest absolute Gasteiger partial charge is 0.282 e. The Morgan fingerprint density at radius 3 is 2.54 bits per heavy atom. The Morgan fingerprint density at radius 1 is 1.09 bits per heavy atom. The van der Waals surface area contributed by atoms with Crippen molar-refractivity contribution in [2.75, 3.05) is 4.90 Å². The predicted molar refractivity (Wildman–Crippen MR) is 128 cm³/mol. The van der Waals surface area contributed by atoms with Crippen molar-refractivity contribution in [3.05, 3.63) is 83.1 Å². The molecule has 0 saturated heterocycles. The van der Waals surface area contributed by atoms with Gasteiger partial charge in [-0.05, 0) is 48.7 Å². The van der Waals surface area contributed by atoms with Crippen LogP contribution in [0.25, 0.3) is 17.1 Å². The number of fused-ring (bicyclic) bond motifs is 1. The van der Waals surface area contributed by atoms with E-state index in [2.05, 4.69) is 28.9 Å². The van der Waals surface area contributed by atoms with Gasteiger partial charge in [-0.1, -0.05) is 26.0 Å². The molecular weight excluding hydrogens is 450 g/mol. The van der Waals surface area contributed by atoms with Crippen LogP contribution in [0.5, 0.6) is 0 Å². The second kappa shape index (κ2) is 8.98. The Labute approximate surface area is 201 Å². The normalized spacial score (nSPS) is 13.2. The molecule has 35 heavy (non-hydrogen) atoms. The summed E-state index contributed by atoms with van der Waals surface area (Å²) in [6.07, 6.45) is 1.10. The van der Waals surface area contributed by atoms with E-state index in [-0.39, 0.29) is 23.9 Å². The zero-order valence-corrected chi connectivity index (χ0v) is 19.6. The highest BCUT2D eigenvalue weighted by Crippen LogP contribution is 2.32. The summed E-state index contributed by atoms with van der Waals surface area (Å²) in [4.78, 5) is 28.2. The van der Waals surface area contributed by atoms with Crippen molar-refractivity contribution in [2.24, 2.45) is 0 Å². The maximum Gasteiger partial charge on any atom is 0.282 e. The van der Waals surface area contributed by atoms with E-state index in [1.165, 1.54) is 10.7 Å². The van der Waals surface area contributed by atoms with Gasteiger partial charge < -0.3 is 0 Å². The maximum atomic E-state index is 13.0. The second-order valence-corrected chi connectivity index (χ2v) is 8.88. The zero-order chi connectivity index (χ0) is 24.7. The second-order valence-electron chi connectivity index (χ2n) is 8.88. The summed E-state index contributed by atoms with van der Waals surface area (Å²) in [6, 6.07) is 12.5. The largest absolute Gasteiger partial charge is 0.292 e. The van der Waals surface area contributed by atoms with Crippen LogP contribution < -0.4 is 4.90 Å². The predicted octanol–water partition coefficient (Wildman–Crippen LogP) is 5.18. The van der Waals surface area contributed by atoms with E-state index >= 15 is 0 Å². The van der Waals surface area contributed by atoms with E-state index in [9.17, 15) is 13.6 Å². The summed E-state index contributed by atoms with van der Waals surface area (Å²) in [5.41, 5.74) is 4.48. The number of benzene rings is 1. The molecule has 0 saturated carbocycles. The lowest BCUT2D eigenvalue weighted by Crippen LogP contribution is -2.26. The van der Waals surface area contributed by atoms with Crippen LogP contribution in [0, 0.1) is 6.92 Å².